The fourth-order valence-electron chi connectivity index (χ4n) is 4.71. The molecule has 3 aromatic rings. The number of hydrogen-bond acceptors (Lipinski definition) is 6. The summed E-state index contributed by atoms with van der Waals surface area (Å²) < 4.78 is 6.86. The Morgan fingerprint density at radius 2 is 2.06 bits per heavy atom. The molecule has 172 valence electrons. The van der Waals surface area contributed by atoms with Crippen LogP contribution in [0.4, 0.5) is 0 Å². The van der Waals surface area contributed by atoms with Gasteiger partial charge in [-0.25, -0.2) is 4.98 Å². The van der Waals surface area contributed by atoms with Gasteiger partial charge >= 0.3 is 0 Å². The van der Waals surface area contributed by atoms with Gasteiger partial charge in [0.15, 0.2) is 0 Å². The molecule has 1 fully saturated rings. The summed E-state index contributed by atoms with van der Waals surface area (Å²) in [6, 6.07) is 8.06. The normalized spacial score (nSPS) is 18.4. The van der Waals surface area contributed by atoms with E-state index in [2.05, 4.69) is 27.1 Å². The summed E-state index contributed by atoms with van der Waals surface area (Å²) in [7, 11) is 3.46. The van der Waals surface area contributed by atoms with Crippen molar-refractivity contribution in [3.63, 3.8) is 0 Å². The van der Waals surface area contributed by atoms with E-state index in [0.29, 0.717) is 37.4 Å². The predicted octanol–water partition coefficient (Wildman–Crippen LogP) is 1.70. The molecule has 2 aliphatic heterocycles. The van der Waals surface area contributed by atoms with Crippen LogP contribution >= 0.6 is 0 Å². The Labute approximate surface area is 192 Å². The van der Waals surface area contributed by atoms with Crippen LogP contribution < -0.4 is 10.3 Å². The molecule has 5 rings (SSSR count). The maximum absolute atomic E-state index is 12.8. The number of H-pyrrole nitrogens is 1. The zero-order valence-corrected chi connectivity index (χ0v) is 19.0. The Bertz CT molecular complexity index is 1220. The van der Waals surface area contributed by atoms with Crippen LogP contribution in [0.5, 0.6) is 5.75 Å². The van der Waals surface area contributed by atoms with E-state index < -0.39 is 0 Å². The highest BCUT2D eigenvalue weighted by molar-refractivity contribution is 5.93. The van der Waals surface area contributed by atoms with Crippen LogP contribution in [-0.4, -0.2) is 62.2 Å². The van der Waals surface area contributed by atoms with Crippen molar-refractivity contribution in [1.29, 1.82) is 0 Å². The molecular weight excluding hydrogens is 420 g/mol. The van der Waals surface area contributed by atoms with Crippen molar-refractivity contribution in [2.24, 2.45) is 7.05 Å². The number of nitrogens with zero attached hydrogens (tertiary/aromatic N) is 5. The zero-order valence-electron chi connectivity index (χ0n) is 19.0. The number of amides is 1. The second-order valence-electron chi connectivity index (χ2n) is 8.82. The van der Waals surface area contributed by atoms with E-state index in [1.54, 1.807) is 31.2 Å². The quantitative estimate of drug-likeness (QED) is 0.638. The van der Waals surface area contributed by atoms with E-state index >= 15 is 0 Å². The number of rotatable bonds is 5. The molecule has 1 saturated heterocycles. The van der Waals surface area contributed by atoms with Crippen LogP contribution in [0, 0.1) is 0 Å². The third-order valence-electron chi connectivity index (χ3n) is 6.55. The van der Waals surface area contributed by atoms with Crippen LogP contribution in [0.3, 0.4) is 0 Å². The predicted molar refractivity (Wildman–Crippen MR) is 122 cm³/mol. The molecule has 33 heavy (non-hydrogen) atoms. The number of carbonyl (C=O) groups excluding carboxylic acids is 1. The molecule has 0 radical (unpaired) electrons. The number of fused-ring (bicyclic) bond motifs is 1. The van der Waals surface area contributed by atoms with Crippen molar-refractivity contribution in [2.45, 2.75) is 31.8 Å². The third kappa shape index (κ3) is 4.41. The topological polar surface area (TPSA) is 96.3 Å². The van der Waals surface area contributed by atoms with Crippen molar-refractivity contribution in [3.8, 4) is 5.75 Å². The van der Waals surface area contributed by atoms with E-state index in [4.69, 9.17) is 9.72 Å². The average Bonchev–Trinajstić information content (AvgIpc) is 3.48. The highest BCUT2D eigenvalue weighted by Crippen LogP contribution is 2.27. The highest BCUT2D eigenvalue weighted by Gasteiger charge is 2.31. The van der Waals surface area contributed by atoms with Crippen molar-refractivity contribution in [1.82, 2.24) is 29.5 Å². The Morgan fingerprint density at radius 3 is 2.79 bits per heavy atom. The lowest BCUT2D eigenvalue weighted by molar-refractivity contribution is 0.0790. The fourth-order valence-corrected chi connectivity index (χ4v) is 4.71. The first-order valence-corrected chi connectivity index (χ1v) is 11.3. The van der Waals surface area contributed by atoms with Gasteiger partial charge in [0, 0.05) is 57.4 Å². The molecule has 0 bridgehead atoms. The number of benzene rings is 1. The summed E-state index contributed by atoms with van der Waals surface area (Å²) in [5.74, 6) is 1.52. The molecule has 4 heterocycles. The number of carbonyl (C=O) groups is 1. The monoisotopic (exact) mass is 448 g/mol. The number of aromatic amines is 1. The number of likely N-dealkylation sites (tertiary alicyclic amines) is 1. The van der Waals surface area contributed by atoms with Gasteiger partial charge in [-0.3, -0.25) is 19.2 Å². The van der Waals surface area contributed by atoms with Gasteiger partial charge in [0.05, 0.1) is 24.6 Å². The van der Waals surface area contributed by atoms with E-state index in [1.807, 2.05) is 17.0 Å². The Kier molecular flexibility index (Phi) is 5.72. The van der Waals surface area contributed by atoms with E-state index in [9.17, 15) is 9.59 Å². The number of hydrogen-bond donors (Lipinski definition) is 1. The number of ether oxygens (including phenoxy) is 1. The molecule has 0 unspecified atom stereocenters. The lowest BCUT2D eigenvalue weighted by Gasteiger charge is -2.28. The lowest BCUT2D eigenvalue weighted by atomic mass is 10.0. The molecular formula is C24H28N6O3. The van der Waals surface area contributed by atoms with Crippen LogP contribution in [0.1, 0.15) is 45.3 Å². The maximum atomic E-state index is 12.8. The van der Waals surface area contributed by atoms with Crippen molar-refractivity contribution < 1.29 is 9.53 Å². The largest absolute Gasteiger partial charge is 0.497 e. The molecule has 1 atom stereocenters. The average molecular weight is 449 g/mol. The minimum absolute atomic E-state index is 0.0283. The molecule has 0 saturated carbocycles. The van der Waals surface area contributed by atoms with Gasteiger partial charge in [0.2, 0.25) is 0 Å². The molecule has 2 aliphatic rings. The number of aryl methyl sites for hydroxylation is 1. The molecule has 0 aliphatic carbocycles. The van der Waals surface area contributed by atoms with E-state index in [1.165, 1.54) is 5.56 Å². The molecule has 1 N–H and O–H groups in total. The number of nitrogens with one attached hydrogen (secondary N) is 1. The van der Waals surface area contributed by atoms with E-state index in [-0.39, 0.29) is 17.4 Å². The van der Waals surface area contributed by atoms with Gasteiger partial charge < -0.3 is 14.6 Å². The van der Waals surface area contributed by atoms with Gasteiger partial charge in [-0.05, 0) is 30.5 Å². The molecule has 9 heteroatoms. The summed E-state index contributed by atoms with van der Waals surface area (Å²) >= 11 is 0. The Morgan fingerprint density at radius 1 is 1.24 bits per heavy atom. The second-order valence-corrected chi connectivity index (χ2v) is 8.82. The third-order valence-corrected chi connectivity index (χ3v) is 6.55. The highest BCUT2D eigenvalue weighted by atomic mass is 16.5. The first-order chi connectivity index (χ1) is 16.0. The lowest BCUT2D eigenvalue weighted by Crippen LogP contribution is -2.36. The minimum atomic E-state index is -0.0452. The molecule has 0 spiro atoms. The number of aromatic nitrogens is 4. The fraction of sp³-hybridized carbons (Fsp3) is 0.417. The summed E-state index contributed by atoms with van der Waals surface area (Å²) in [4.78, 5) is 37.6. The minimum Gasteiger partial charge on any atom is -0.497 e. The molecule has 1 aromatic carbocycles. The standard InChI is InChI=1S/C24H28N6O3/c1-28-13-18(11-25-28)24(32)30-10-7-17(14-30)22-26-21-15-29(9-8-20(21)23(31)27-22)12-16-3-5-19(33-2)6-4-16/h3-6,11,13,17H,7-10,12,14-15H2,1-2H3,(H,26,27,31)/t17-/m0/s1. The first-order valence-electron chi connectivity index (χ1n) is 11.3. The summed E-state index contributed by atoms with van der Waals surface area (Å²) in [5, 5.41) is 4.09. The summed E-state index contributed by atoms with van der Waals surface area (Å²) in [6.07, 6.45) is 4.78. The second kappa shape index (κ2) is 8.82. The van der Waals surface area contributed by atoms with Gasteiger partial charge in [-0.15, -0.1) is 0 Å². The summed E-state index contributed by atoms with van der Waals surface area (Å²) in [5.41, 5.74) is 3.37. The first kappa shape index (κ1) is 21.4. The summed E-state index contributed by atoms with van der Waals surface area (Å²) in [6.45, 7) is 3.45. The van der Waals surface area contributed by atoms with Gasteiger partial charge in [-0.2, -0.15) is 5.10 Å². The SMILES string of the molecule is COc1ccc(CN2CCc3c(nc([C@H]4CCN(C(=O)c5cnn(C)c5)C4)[nH]c3=O)C2)cc1. The van der Waals surface area contributed by atoms with Crippen LogP contribution in [0.2, 0.25) is 0 Å². The molecule has 9 nitrogen and oxygen atoms in total. The van der Waals surface area contributed by atoms with Gasteiger partial charge in [0.1, 0.15) is 11.6 Å². The molecule has 2 aromatic heterocycles. The van der Waals surface area contributed by atoms with Gasteiger partial charge in [0.25, 0.3) is 11.5 Å². The van der Waals surface area contributed by atoms with Crippen LogP contribution in [0.25, 0.3) is 0 Å². The zero-order chi connectivity index (χ0) is 22.9. The van der Waals surface area contributed by atoms with Gasteiger partial charge in [-0.1, -0.05) is 12.1 Å². The van der Waals surface area contributed by atoms with Crippen molar-refractivity contribution >= 4 is 5.91 Å². The Balaban J connectivity index is 1.29. The Hall–Kier alpha value is -3.46. The van der Waals surface area contributed by atoms with Crippen LogP contribution in [0.15, 0.2) is 41.5 Å². The smallest absolute Gasteiger partial charge is 0.257 e. The number of methoxy groups -OCH3 is 1. The van der Waals surface area contributed by atoms with Crippen molar-refractivity contribution in [3.05, 3.63) is 75.2 Å². The molecule has 1 amide bonds. The van der Waals surface area contributed by atoms with E-state index in [0.717, 1.165) is 36.5 Å². The van der Waals surface area contributed by atoms with Crippen LogP contribution in [-0.2, 0) is 26.6 Å². The maximum Gasteiger partial charge on any atom is 0.257 e. The van der Waals surface area contributed by atoms with Crippen molar-refractivity contribution in [2.75, 3.05) is 26.7 Å².